The Labute approximate surface area is 129 Å². The van der Waals surface area contributed by atoms with E-state index in [0.29, 0.717) is 55.4 Å². The van der Waals surface area contributed by atoms with Crippen LogP contribution in [0.1, 0.15) is 32.1 Å². The highest BCUT2D eigenvalue weighted by Crippen LogP contribution is 2.20. The molecule has 1 saturated heterocycles. The maximum Gasteiger partial charge on any atom is 0.340 e. The lowest BCUT2D eigenvalue weighted by molar-refractivity contribution is 0.0299. The van der Waals surface area contributed by atoms with E-state index in [-0.39, 0.29) is 12.5 Å². The topological polar surface area (TPSA) is 80.9 Å². The molecule has 0 atom stereocenters. The number of esters is 1. The first-order valence-corrected chi connectivity index (χ1v) is 7.28. The number of nitrogens with zero attached hydrogens (tertiary/aromatic N) is 1. The average molecular weight is 310 g/mol. The predicted octanol–water partition coefficient (Wildman–Crippen LogP) is 0.907. The summed E-state index contributed by atoms with van der Waals surface area (Å²) < 4.78 is 15.2. The third-order valence-corrected chi connectivity index (χ3v) is 3.67. The van der Waals surface area contributed by atoms with E-state index in [1.807, 2.05) is 0 Å². The van der Waals surface area contributed by atoms with E-state index in [0.717, 1.165) is 0 Å². The van der Waals surface area contributed by atoms with Crippen molar-refractivity contribution in [1.29, 1.82) is 0 Å². The molecule has 0 bridgehead atoms. The summed E-state index contributed by atoms with van der Waals surface area (Å²) in [5, 5.41) is 0. The molecule has 0 aliphatic carbocycles. The van der Waals surface area contributed by atoms with Crippen LogP contribution in [0.2, 0.25) is 0 Å². The summed E-state index contributed by atoms with van der Waals surface area (Å²) in [6.45, 7) is 6.24. The van der Waals surface area contributed by atoms with Gasteiger partial charge in [0.15, 0.2) is 0 Å². The lowest BCUT2D eigenvalue weighted by atomic mass is 10.1. The first kappa shape index (κ1) is 16.5. The molecule has 1 aromatic heterocycles. The van der Waals surface area contributed by atoms with Crippen molar-refractivity contribution >= 4 is 11.9 Å². The highest BCUT2D eigenvalue weighted by atomic mass is 16.6. The van der Waals surface area contributed by atoms with Gasteiger partial charge in [0.25, 0.3) is 5.91 Å². The van der Waals surface area contributed by atoms with E-state index in [1.54, 1.807) is 25.9 Å². The van der Waals surface area contributed by atoms with Crippen molar-refractivity contribution in [1.82, 2.24) is 9.88 Å². The molecule has 1 aliphatic heterocycles. The van der Waals surface area contributed by atoms with Gasteiger partial charge in [-0.1, -0.05) is 0 Å². The minimum absolute atomic E-state index is 0.111. The molecule has 22 heavy (non-hydrogen) atoms. The van der Waals surface area contributed by atoms with Crippen LogP contribution in [0, 0.1) is 13.8 Å². The SMILES string of the molecule is COCCOC(=O)c1c(C)[nH]c(C(=O)N2CCOCC2)c1C. The van der Waals surface area contributed by atoms with Crippen molar-refractivity contribution in [2.24, 2.45) is 0 Å². The maximum atomic E-state index is 12.5. The van der Waals surface area contributed by atoms with Crippen LogP contribution >= 0.6 is 0 Å². The molecule has 1 N–H and O–H groups in total. The molecule has 1 aromatic rings. The lowest BCUT2D eigenvalue weighted by Crippen LogP contribution is -2.41. The molecule has 0 unspecified atom stereocenters. The Morgan fingerprint density at radius 1 is 1.23 bits per heavy atom. The fourth-order valence-corrected chi connectivity index (χ4v) is 2.48. The molecule has 122 valence electrons. The number of morpholine rings is 1. The van der Waals surface area contributed by atoms with Gasteiger partial charge in [-0.15, -0.1) is 0 Å². The van der Waals surface area contributed by atoms with Crippen LogP contribution in [0.15, 0.2) is 0 Å². The van der Waals surface area contributed by atoms with E-state index in [1.165, 1.54) is 0 Å². The number of nitrogens with one attached hydrogen (secondary N) is 1. The lowest BCUT2D eigenvalue weighted by Gasteiger charge is -2.26. The summed E-state index contributed by atoms with van der Waals surface area (Å²) in [6.07, 6.45) is 0. The zero-order valence-electron chi connectivity index (χ0n) is 13.2. The number of carbonyl (C=O) groups excluding carboxylic acids is 2. The Kier molecular flexibility index (Phi) is 5.57. The number of carbonyl (C=O) groups is 2. The number of H-pyrrole nitrogens is 1. The van der Waals surface area contributed by atoms with E-state index in [9.17, 15) is 9.59 Å². The van der Waals surface area contributed by atoms with Gasteiger partial charge in [-0.05, 0) is 19.4 Å². The van der Waals surface area contributed by atoms with Gasteiger partial charge in [0.2, 0.25) is 0 Å². The second-order valence-electron chi connectivity index (χ2n) is 5.16. The number of amides is 1. The summed E-state index contributed by atoms with van der Waals surface area (Å²) in [5.74, 6) is -0.552. The standard InChI is InChI=1S/C15H22N2O5/c1-10-12(15(19)22-9-8-20-3)11(2)16-13(10)14(18)17-4-6-21-7-5-17/h16H,4-9H2,1-3H3. The summed E-state index contributed by atoms with van der Waals surface area (Å²) in [5.41, 5.74) is 2.12. The summed E-state index contributed by atoms with van der Waals surface area (Å²) in [4.78, 5) is 29.4. The number of hydrogen-bond donors (Lipinski definition) is 1. The molecule has 1 fully saturated rings. The zero-order valence-corrected chi connectivity index (χ0v) is 13.2. The van der Waals surface area contributed by atoms with E-state index >= 15 is 0 Å². The third kappa shape index (κ3) is 3.48. The highest BCUT2D eigenvalue weighted by Gasteiger charge is 2.26. The number of methoxy groups -OCH3 is 1. The van der Waals surface area contributed by atoms with Gasteiger partial charge in [0.1, 0.15) is 12.3 Å². The van der Waals surface area contributed by atoms with Crippen LogP contribution in [0.5, 0.6) is 0 Å². The average Bonchev–Trinajstić information content (AvgIpc) is 2.82. The van der Waals surface area contributed by atoms with Gasteiger partial charge in [-0.25, -0.2) is 4.79 Å². The third-order valence-electron chi connectivity index (χ3n) is 3.67. The monoisotopic (exact) mass is 310 g/mol. The summed E-state index contributed by atoms with van der Waals surface area (Å²) in [6, 6.07) is 0. The van der Waals surface area contributed by atoms with Gasteiger partial charge in [-0.3, -0.25) is 4.79 Å². The summed E-state index contributed by atoms with van der Waals surface area (Å²) >= 11 is 0. The summed E-state index contributed by atoms with van der Waals surface area (Å²) in [7, 11) is 1.54. The Bertz CT molecular complexity index is 546. The van der Waals surface area contributed by atoms with Crippen LogP contribution < -0.4 is 0 Å². The maximum absolute atomic E-state index is 12.5. The minimum Gasteiger partial charge on any atom is -0.460 e. The van der Waals surface area contributed by atoms with Crippen LogP contribution in [0.3, 0.4) is 0 Å². The van der Waals surface area contributed by atoms with E-state index < -0.39 is 5.97 Å². The van der Waals surface area contributed by atoms with Gasteiger partial charge in [-0.2, -0.15) is 0 Å². The molecule has 1 aliphatic rings. The first-order chi connectivity index (χ1) is 10.6. The molecule has 7 nitrogen and oxygen atoms in total. The normalized spacial score (nSPS) is 15.0. The Morgan fingerprint density at radius 2 is 1.91 bits per heavy atom. The first-order valence-electron chi connectivity index (χ1n) is 7.28. The predicted molar refractivity (Wildman–Crippen MR) is 79.1 cm³/mol. The molecule has 7 heteroatoms. The Hall–Kier alpha value is -1.86. The number of rotatable bonds is 5. The number of ether oxygens (including phenoxy) is 3. The second kappa shape index (κ2) is 7.42. The number of aryl methyl sites for hydroxylation is 1. The van der Waals surface area contributed by atoms with Crippen LogP contribution in [-0.4, -0.2) is 68.4 Å². The molecule has 2 heterocycles. The van der Waals surface area contributed by atoms with Gasteiger partial charge >= 0.3 is 5.97 Å². The highest BCUT2D eigenvalue weighted by molar-refractivity contribution is 6.00. The molecular formula is C15H22N2O5. The zero-order chi connectivity index (χ0) is 16.1. The number of aromatic nitrogens is 1. The van der Waals surface area contributed by atoms with Crippen LogP contribution in [0.4, 0.5) is 0 Å². The molecule has 0 aromatic carbocycles. The van der Waals surface area contributed by atoms with E-state index in [4.69, 9.17) is 14.2 Å². The molecule has 0 spiro atoms. The molecular weight excluding hydrogens is 288 g/mol. The van der Waals surface area contributed by atoms with Gasteiger partial charge < -0.3 is 24.1 Å². The molecule has 0 saturated carbocycles. The largest absolute Gasteiger partial charge is 0.460 e. The fraction of sp³-hybridized carbons (Fsp3) is 0.600. The van der Waals surface area contributed by atoms with Gasteiger partial charge in [0.05, 0.1) is 25.4 Å². The van der Waals surface area contributed by atoms with Crippen molar-refractivity contribution in [2.75, 3.05) is 46.6 Å². The van der Waals surface area contributed by atoms with E-state index in [2.05, 4.69) is 4.98 Å². The molecule has 0 radical (unpaired) electrons. The molecule has 2 rings (SSSR count). The fourth-order valence-electron chi connectivity index (χ4n) is 2.48. The van der Waals surface area contributed by atoms with Crippen molar-refractivity contribution in [3.8, 4) is 0 Å². The van der Waals surface area contributed by atoms with Crippen molar-refractivity contribution in [3.63, 3.8) is 0 Å². The second-order valence-corrected chi connectivity index (χ2v) is 5.16. The van der Waals surface area contributed by atoms with Crippen molar-refractivity contribution < 1.29 is 23.8 Å². The Balaban J connectivity index is 2.15. The van der Waals surface area contributed by atoms with Crippen molar-refractivity contribution in [2.45, 2.75) is 13.8 Å². The quantitative estimate of drug-likeness (QED) is 0.646. The number of hydrogen-bond acceptors (Lipinski definition) is 5. The molecule has 1 amide bonds. The van der Waals surface area contributed by atoms with Gasteiger partial charge in [0, 0.05) is 25.9 Å². The number of aromatic amines is 1. The smallest absolute Gasteiger partial charge is 0.340 e. The van der Waals surface area contributed by atoms with Crippen LogP contribution in [-0.2, 0) is 14.2 Å². The Morgan fingerprint density at radius 3 is 2.55 bits per heavy atom. The van der Waals surface area contributed by atoms with Crippen molar-refractivity contribution in [3.05, 3.63) is 22.5 Å². The minimum atomic E-state index is -0.440. The van der Waals surface area contributed by atoms with Crippen LogP contribution in [0.25, 0.3) is 0 Å².